The summed E-state index contributed by atoms with van der Waals surface area (Å²) in [5.74, 6) is -1.14. The number of halogens is 1. The highest BCUT2D eigenvalue weighted by molar-refractivity contribution is 6.31. The maximum Gasteiger partial charge on any atom is 0.307 e. The van der Waals surface area contributed by atoms with Gasteiger partial charge >= 0.3 is 5.97 Å². The van der Waals surface area contributed by atoms with E-state index >= 15 is 0 Å². The van der Waals surface area contributed by atoms with Crippen LogP contribution in [0.1, 0.15) is 32.4 Å². The van der Waals surface area contributed by atoms with Crippen molar-refractivity contribution in [2.75, 3.05) is 13.1 Å². The molecule has 1 N–H and O–H groups in total. The van der Waals surface area contributed by atoms with E-state index in [0.29, 0.717) is 6.54 Å². The molecule has 1 aromatic carbocycles. The van der Waals surface area contributed by atoms with Crippen LogP contribution in [0.2, 0.25) is 5.02 Å². The van der Waals surface area contributed by atoms with Crippen LogP contribution in [0.15, 0.2) is 24.3 Å². The Bertz CT molecular complexity index is 409. The Morgan fingerprint density at radius 1 is 1.39 bits per heavy atom. The molecule has 0 saturated heterocycles. The lowest BCUT2D eigenvalue weighted by Gasteiger charge is -2.30. The lowest BCUT2D eigenvalue weighted by molar-refractivity contribution is -0.141. The average Bonchev–Trinajstić information content (AvgIpc) is 2.35. The van der Waals surface area contributed by atoms with Crippen LogP contribution in [-0.2, 0) is 4.79 Å². The fourth-order valence-electron chi connectivity index (χ4n) is 2.00. The molecule has 0 heterocycles. The van der Waals surface area contributed by atoms with Crippen LogP contribution in [0.25, 0.3) is 0 Å². The van der Waals surface area contributed by atoms with Crippen molar-refractivity contribution in [3.8, 4) is 0 Å². The summed E-state index contributed by atoms with van der Waals surface area (Å²) in [5.41, 5.74) is 1.04. The molecule has 1 aromatic rings. The van der Waals surface area contributed by atoms with Crippen molar-refractivity contribution < 1.29 is 9.90 Å². The first-order valence-corrected chi connectivity index (χ1v) is 6.56. The van der Waals surface area contributed by atoms with Gasteiger partial charge in [-0.15, -0.1) is 0 Å². The van der Waals surface area contributed by atoms with Crippen LogP contribution >= 0.6 is 11.6 Å². The summed E-state index contributed by atoms with van der Waals surface area (Å²) in [6, 6.07) is 7.81. The molecule has 100 valence electrons. The molecule has 0 radical (unpaired) electrons. The van der Waals surface area contributed by atoms with E-state index in [2.05, 4.69) is 11.8 Å². The number of nitrogens with zero attached hydrogens (tertiary/aromatic N) is 1. The number of rotatable bonds is 6. The molecular formula is C14H20ClNO2. The van der Waals surface area contributed by atoms with Crippen molar-refractivity contribution in [2.45, 2.75) is 26.8 Å². The number of carboxylic acids is 1. The Balaban J connectivity index is 2.83. The van der Waals surface area contributed by atoms with Gasteiger partial charge in [0.05, 0.1) is 5.92 Å². The van der Waals surface area contributed by atoms with E-state index in [1.54, 1.807) is 6.92 Å². The largest absolute Gasteiger partial charge is 0.481 e. The van der Waals surface area contributed by atoms with Crippen molar-refractivity contribution >= 4 is 17.6 Å². The lowest BCUT2D eigenvalue weighted by atomic mass is 10.0. The third-order valence-electron chi connectivity index (χ3n) is 3.24. The fourth-order valence-corrected chi connectivity index (χ4v) is 2.30. The normalized spacial score (nSPS) is 14.5. The molecule has 0 spiro atoms. The molecule has 1 rings (SSSR count). The number of benzene rings is 1. The van der Waals surface area contributed by atoms with E-state index in [1.807, 2.05) is 31.2 Å². The fraction of sp³-hybridized carbons (Fsp3) is 0.500. The molecule has 0 aliphatic carbocycles. The van der Waals surface area contributed by atoms with Gasteiger partial charge in [0.1, 0.15) is 0 Å². The van der Waals surface area contributed by atoms with Gasteiger partial charge in [0, 0.05) is 17.6 Å². The minimum atomic E-state index is -0.764. The second kappa shape index (κ2) is 6.76. The number of hydrogen-bond acceptors (Lipinski definition) is 2. The molecule has 0 fully saturated rings. The molecule has 4 heteroatoms. The Kier molecular flexibility index (Phi) is 5.63. The first-order valence-electron chi connectivity index (χ1n) is 6.18. The quantitative estimate of drug-likeness (QED) is 0.860. The Morgan fingerprint density at radius 2 is 2.00 bits per heavy atom. The van der Waals surface area contributed by atoms with E-state index in [1.165, 1.54) is 0 Å². The van der Waals surface area contributed by atoms with Crippen LogP contribution < -0.4 is 0 Å². The van der Waals surface area contributed by atoms with E-state index in [4.69, 9.17) is 16.7 Å². The second-order valence-electron chi connectivity index (χ2n) is 4.52. The van der Waals surface area contributed by atoms with Gasteiger partial charge in [-0.1, -0.05) is 43.6 Å². The highest BCUT2D eigenvalue weighted by Gasteiger charge is 2.21. The predicted molar refractivity (Wildman–Crippen MR) is 73.9 cm³/mol. The second-order valence-corrected chi connectivity index (χ2v) is 4.93. The zero-order valence-electron chi connectivity index (χ0n) is 11.1. The SMILES string of the molecule is CCN(CC(C)C(=O)O)C(C)c1ccccc1Cl. The van der Waals surface area contributed by atoms with E-state index < -0.39 is 5.97 Å². The molecule has 18 heavy (non-hydrogen) atoms. The van der Waals surface area contributed by atoms with Crippen molar-refractivity contribution in [2.24, 2.45) is 5.92 Å². The van der Waals surface area contributed by atoms with E-state index in [0.717, 1.165) is 17.1 Å². The summed E-state index contributed by atoms with van der Waals surface area (Å²) in [6.45, 7) is 7.13. The molecule has 0 saturated carbocycles. The molecular weight excluding hydrogens is 250 g/mol. The van der Waals surface area contributed by atoms with Gasteiger partial charge in [0.2, 0.25) is 0 Å². The topological polar surface area (TPSA) is 40.5 Å². The van der Waals surface area contributed by atoms with Gasteiger partial charge in [0.25, 0.3) is 0 Å². The van der Waals surface area contributed by atoms with Crippen LogP contribution in [0.4, 0.5) is 0 Å². The molecule has 2 unspecified atom stereocenters. The smallest absolute Gasteiger partial charge is 0.307 e. The zero-order chi connectivity index (χ0) is 13.7. The molecule has 0 amide bonds. The van der Waals surface area contributed by atoms with Gasteiger partial charge in [-0.25, -0.2) is 0 Å². The predicted octanol–water partition coefficient (Wildman–Crippen LogP) is 3.44. The summed E-state index contributed by atoms with van der Waals surface area (Å²) in [4.78, 5) is 13.0. The maximum absolute atomic E-state index is 10.9. The minimum Gasteiger partial charge on any atom is -0.481 e. The van der Waals surface area contributed by atoms with Crippen LogP contribution in [-0.4, -0.2) is 29.1 Å². The van der Waals surface area contributed by atoms with Gasteiger partial charge in [-0.05, 0) is 25.1 Å². The third-order valence-corrected chi connectivity index (χ3v) is 3.58. The van der Waals surface area contributed by atoms with Crippen LogP contribution in [0, 0.1) is 5.92 Å². The Hall–Kier alpha value is -1.06. The zero-order valence-corrected chi connectivity index (χ0v) is 11.8. The summed E-state index contributed by atoms with van der Waals surface area (Å²) in [7, 11) is 0. The standard InChI is InChI=1S/C14H20ClNO2/c1-4-16(9-10(2)14(17)18)11(3)12-7-5-6-8-13(12)15/h5-8,10-11H,4,9H2,1-3H3,(H,17,18). The van der Waals surface area contributed by atoms with Crippen molar-refractivity contribution in [1.29, 1.82) is 0 Å². The number of hydrogen-bond donors (Lipinski definition) is 1. The number of carboxylic acid groups (broad SMARTS) is 1. The van der Waals surface area contributed by atoms with E-state index in [9.17, 15) is 4.79 Å². The third kappa shape index (κ3) is 3.72. The molecule has 0 aliphatic rings. The summed E-state index contributed by atoms with van der Waals surface area (Å²) in [6.07, 6.45) is 0. The highest BCUT2D eigenvalue weighted by Crippen LogP contribution is 2.27. The first kappa shape index (κ1) is 15.0. The number of aliphatic carboxylic acids is 1. The molecule has 0 aliphatic heterocycles. The Morgan fingerprint density at radius 3 is 2.50 bits per heavy atom. The van der Waals surface area contributed by atoms with E-state index in [-0.39, 0.29) is 12.0 Å². The monoisotopic (exact) mass is 269 g/mol. The molecule has 0 aromatic heterocycles. The van der Waals surface area contributed by atoms with Crippen molar-refractivity contribution in [1.82, 2.24) is 4.90 Å². The first-order chi connectivity index (χ1) is 8.47. The minimum absolute atomic E-state index is 0.116. The maximum atomic E-state index is 10.9. The van der Waals surface area contributed by atoms with Gasteiger partial charge in [-0.3, -0.25) is 9.69 Å². The lowest BCUT2D eigenvalue weighted by Crippen LogP contribution is -2.34. The number of carbonyl (C=O) groups is 1. The summed E-state index contributed by atoms with van der Waals surface area (Å²) < 4.78 is 0. The summed E-state index contributed by atoms with van der Waals surface area (Å²) in [5, 5.41) is 9.71. The van der Waals surface area contributed by atoms with Crippen LogP contribution in [0.5, 0.6) is 0 Å². The van der Waals surface area contributed by atoms with Gasteiger partial charge in [0.15, 0.2) is 0 Å². The highest BCUT2D eigenvalue weighted by atomic mass is 35.5. The molecule has 2 atom stereocenters. The molecule has 0 bridgehead atoms. The summed E-state index contributed by atoms with van der Waals surface area (Å²) >= 11 is 6.18. The average molecular weight is 270 g/mol. The van der Waals surface area contributed by atoms with Crippen molar-refractivity contribution in [3.05, 3.63) is 34.9 Å². The Labute approximate surface area is 113 Å². The van der Waals surface area contributed by atoms with Crippen molar-refractivity contribution in [3.63, 3.8) is 0 Å². The van der Waals surface area contributed by atoms with Gasteiger partial charge < -0.3 is 5.11 Å². The molecule has 3 nitrogen and oxygen atoms in total. The van der Waals surface area contributed by atoms with Gasteiger partial charge in [-0.2, -0.15) is 0 Å². The van der Waals surface area contributed by atoms with Crippen LogP contribution in [0.3, 0.4) is 0 Å².